The summed E-state index contributed by atoms with van der Waals surface area (Å²) in [6, 6.07) is 6.59. The van der Waals surface area contributed by atoms with Gasteiger partial charge in [-0.05, 0) is 18.1 Å². The number of halogens is 1. The highest BCUT2D eigenvalue weighted by atomic mass is 35.5. The van der Waals surface area contributed by atoms with Crippen LogP contribution in [0.4, 0.5) is 0 Å². The number of hydrogen-bond acceptors (Lipinski definition) is 7. The lowest BCUT2D eigenvalue weighted by Gasteiger charge is -2.30. The number of carbonyl (C=O) groups excluding carboxylic acids is 2. The molecular weight excluding hydrogens is 338 g/mol. The quantitative estimate of drug-likeness (QED) is 0.368. The van der Waals surface area contributed by atoms with E-state index in [1.165, 1.54) is 0 Å². The van der Waals surface area contributed by atoms with E-state index in [1.54, 1.807) is 24.3 Å². The minimum Gasteiger partial charge on any atom is -0.468 e. The second-order valence-electron chi connectivity index (χ2n) is 5.52. The fourth-order valence-electron chi connectivity index (χ4n) is 3.38. The van der Waals surface area contributed by atoms with Crippen LogP contribution in [0.1, 0.15) is 17.9 Å². The average molecular weight is 356 g/mol. The zero-order valence-electron chi connectivity index (χ0n) is 13.2. The lowest BCUT2D eigenvalue weighted by atomic mass is 9.73. The first kappa shape index (κ1) is 18.2. The molecule has 24 heavy (non-hydrogen) atoms. The molecule has 8 heteroatoms. The Hall–Kier alpha value is -2.12. The predicted molar refractivity (Wildman–Crippen MR) is 85.1 cm³/mol. The summed E-state index contributed by atoms with van der Waals surface area (Å²) in [6.07, 6.45) is -0.113. The van der Waals surface area contributed by atoms with Gasteiger partial charge in [0.25, 0.3) is 0 Å². The van der Waals surface area contributed by atoms with Gasteiger partial charge in [0.15, 0.2) is 5.41 Å². The molecule has 0 spiro atoms. The first-order valence-corrected chi connectivity index (χ1v) is 7.59. The van der Waals surface area contributed by atoms with Gasteiger partial charge < -0.3 is 19.8 Å². The molecule has 1 aliphatic rings. The molecule has 1 aromatic rings. The smallest absolute Gasteiger partial charge is 0.324 e. The minimum absolute atomic E-state index is 0.0846. The summed E-state index contributed by atoms with van der Waals surface area (Å²) in [7, 11) is 2.30. The Bertz CT molecular complexity index is 658. The number of ether oxygens (including phenoxy) is 2. The van der Waals surface area contributed by atoms with Crippen molar-refractivity contribution in [3.05, 3.63) is 34.9 Å². The molecule has 0 heterocycles. The Labute approximate surface area is 143 Å². The molecule has 130 valence electrons. The summed E-state index contributed by atoms with van der Waals surface area (Å²) >= 11 is 6.24. The van der Waals surface area contributed by atoms with Crippen molar-refractivity contribution in [3.63, 3.8) is 0 Å². The third-order valence-corrected chi connectivity index (χ3v) is 4.77. The largest absolute Gasteiger partial charge is 0.468 e. The third-order valence-electron chi connectivity index (χ3n) is 4.43. The van der Waals surface area contributed by atoms with E-state index < -0.39 is 35.8 Å². The molecule has 0 saturated heterocycles. The van der Waals surface area contributed by atoms with E-state index in [2.05, 4.69) is 5.16 Å². The van der Waals surface area contributed by atoms with E-state index in [1.807, 2.05) is 0 Å². The maximum Gasteiger partial charge on any atom is 0.324 e. The Morgan fingerprint density at radius 3 is 2.33 bits per heavy atom. The van der Waals surface area contributed by atoms with Crippen molar-refractivity contribution in [2.75, 3.05) is 20.8 Å². The molecule has 7 nitrogen and oxygen atoms in total. The standard InChI is InChI=1S/C16H18ClNO6/c1-23-14(20)16(15(21)24-2)7-9(8-19)13(18-22)12(16)10-5-3-4-6-11(10)17/h3-6,9,12,19,22H,7-8H2,1-2H3/b18-13+/t9-,12-/m0/s1. The molecule has 1 aliphatic carbocycles. The molecule has 2 rings (SSSR count). The first-order chi connectivity index (χ1) is 11.5. The summed E-state index contributed by atoms with van der Waals surface area (Å²) in [4.78, 5) is 25.1. The third kappa shape index (κ3) is 2.63. The van der Waals surface area contributed by atoms with Crippen LogP contribution in [-0.2, 0) is 19.1 Å². The number of benzene rings is 1. The van der Waals surface area contributed by atoms with Gasteiger partial charge in [0, 0.05) is 10.9 Å². The maximum absolute atomic E-state index is 12.6. The van der Waals surface area contributed by atoms with E-state index in [0.29, 0.717) is 10.6 Å². The second-order valence-corrected chi connectivity index (χ2v) is 5.92. The topological polar surface area (TPSA) is 105 Å². The highest BCUT2D eigenvalue weighted by Gasteiger charge is 2.64. The molecule has 2 N–H and O–H groups in total. The lowest BCUT2D eigenvalue weighted by molar-refractivity contribution is -0.169. The zero-order valence-corrected chi connectivity index (χ0v) is 14.0. The van der Waals surface area contributed by atoms with Crippen LogP contribution >= 0.6 is 11.6 Å². The Morgan fingerprint density at radius 1 is 1.29 bits per heavy atom. The Kier molecular flexibility index (Phi) is 5.46. The molecule has 1 aromatic carbocycles. The highest BCUT2D eigenvalue weighted by molar-refractivity contribution is 6.32. The van der Waals surface area contributed by atoms with Crippen molar-refractivity contribution in [2.45, 2.75) is 12.3 Å². The number of carbonyl (C=O) groups is 2. The van der Waals surface area contributed by atoms with E-state index in [-0.39, 0.29) is 12.1 Å². The fourth-order valence-corrected chi connectivity index (χ4v) is 3.63. The van der Waals surface area contributed by atoms with Gasteiger partial charge in [-0.25, -0.2) is 0 Å². The highest BCUT2D eigenvalue weighted by Crippen LogP contribution is 2.53. The number of methoxy groups -OCH3 is 2. The molecule has 1 fully saturated rings. The van der Waals surface area contributed by atoms with E-state index in [4.69, 9.17) is 21.1 Å². The molecule has 0 radical (unpaired) electrons. The number of hydrogen-bond donors (Lipinski definition) is 2. The summed E-state index contributed by atoms with van der Waals surface area (Å²) in [5.74, 6) is -3.39. The van der Waals surface area contributed by atoms with Crippen LogP contribution in [0.5, 0.6) is 0 Å². The number of aliphatic hydroxyl groups excluding tert-OH is 1. The summed E-state index contributed by atoms with van der Waals surface area (Å²) in [5, 5.41) is 22.6. The summed E-state index contributed by atoms with van der Waals surface area (Å²) in [5.41, 5.74) is -1.29. The van der Waals surface area contributed by atoms with Crippen molar-refractivity contribution >= 4 is 29.3 Å². The van der Waals surface area contributed by atoms with Crippen LogP contribution in [0, 0.1) is 11.3 Å². The number of rotatable bonds is 4. The van der Waals surface area contributed by atoms with Gasteiger partial charge in [0.05, 0.1) is 32.5 Å². The second kappa shape index (κ2) is 7.19. The molecular formula is C16H18ClNO6. The molecule has 2 atom stereocenters. The van der Waals surface area contributed by atoms with E-state index in [9.17, 15) is 19.9 Å². The number of aliphatic hydroxyl groups is 1. The first-order valence-electron chi connectivity index (χ1n) is 7.21. The predicted octanol–water partition coefficient (Wildman–Crippen LogP) is 1.60. The van der Waals surface area contributed by atoms with Gasteiger partial charge in [-0.1, -0.05) is 35.0 Å². The van der Waals surface area contributed by atoms with Crippen LogP contribution in [-0.4, -0.2) is 48.8 Å². The molecule has 0 aliphatic heterocycles. The average Bonchev–Trinajstić information content (AvgIpc) is 2.95. The van der Waals surface area contributed by atoms with E-state index in [0.717, 1.165) is 14.2 Å². The fraction of sp³-hybridized carbons (Fsp3) is 0.438. The summed E-state index contributed by atoms with van der Waals surface area (Å²) < 4.78 is 9.67. The van der Waals surface area contributed by atoms with Crippen molar-refractivity contribution in [2.24, 2.45) is 16.5 Å². The Balaban J connectivity index is 2.77. The van der Waals surface area contributed by atoms with Crippen molar-refractivity contribution < 1.29 is 29.4 Å². The van der Waals surface area contributed by atoms with Gasteiger partial charge in [-0.2, -0.15) is 0 Å². The molecule has 0 bridgehead atoms. The Morgan fingerprint density at radius 2 is 1.88 bits per heavy atom. The number of oxime groups is 1. The van der Waals surface area contributed by atoms with Gasteiger partial charge in [-0.15, -0.1) is 0 Å². The van der Waals surface area contributed by atoms with Crippen LogP contribution in [0.3, 0.4) is 0 Å². The normalized spacial score (nSPS) is 23.9. The van der Waals surface area contributed by atoms with Crippen LogP contribution in [0.15, 0.2) is 29.4 Å². The van der Waals surface area contributed by atoms with Gasteiger partial charge in [0.1, 0.15) is 0 Å². The number of esters is 2. The lowest BCUT2D eigenvalue weighted by Crippen LogP contribution is -2.44. The van der Waals surface area contributed by atoms with E-state index >= 15 is 0 Å². The SMILES string of the molecule is COC(=O)C1(C(=O)OC)C[C@@H](CO)/C(=N\O)[C@@H]1c1ccccc1Cl. The van der Waals surface area contributed by atoms with Crippen LogP contribution in [0.2, 0.25) is 5.02 Å². The van der Waals surface area contributed by atoms with Crippen molar-refractivity contribution in [1.82, 2.24) is 0 Å². The molecule has 0 aromatic heterocycles. The maximum atomic E-state index is 12.6. The molecule has 0 amide bonds. The minimum atomic E-state index is -1.79. The van der Waals surface area contributed by atoms with Gasteiger partial charge in [-0.3, -0.25) is 9.59 Å². The van der Waals surface area contributed by atoms with Crippen LogP contribution < -0.4 is 0 Å². The van der Waals surface area contributed by atoms with Gasteiger partial charge >= 0.3 is 11.9 Å². The molecule has 0 unspecified atom stereocenters. The zero-order chi connectivity index (χ0) is 17.9. The summed E-state index contributed by atoms with van der Waals surface area (Å²) in [6.45, 7) is -0.407. The van der Waals surface area contributed by atoms with Crippen molar-refractivity contribution in [3.8, 4) is 0 Å². The van der Waals surface area contributed by atoms with Crippen LogP contribution in [0.25, 0.3) is 0 Å². The van der Waals surface area contributed by atoms with Gasteiger partial charge in [0.2, 0.25) is 0 Å². The van der Waals surface area contributed by atoms with Crippen molar-refractivity contribution in [1.29, 1.82) is 0 Å². The molecule has 1 saturated carbocycles. The monoisotopic (exact) mass is 355 g/mol. The number of nitrogens with zero attached hydrogens (tertiary/aromatic N) is 1.